The molecule has 4 aliphatic rings. The Morgan fingerprint density at radius 2 is 1.86 bits per heavy atom. The second kappa shape index (κ2) is 10.1. The van der Waals surface area contributed by atoms with Crippen LogP contribution in [0.25, 0.3) is 0 Å². The predicted octanol–water partition coefficient (Wildman–Crippen LogP) is 4.54. The van der Waals surface area contributed by atoms with E-state index >= 15 is 0 Å². The lowest BCUT2D eigenvalue weighted by Crippen LogP contribution is -2.53. The Kier molecular flexibility index (Phi) is 6.38. The molecule has 1 spiro atoms. The molecule has 3 aliphatic heterocycles. The van der Waals surface area contributed by atoms with Gasteiger partial charge in [-0.05, 0) is 68.3 Å². The van der Waals surface area contributed by atoms with E-state index in [2.05, 4.69) is 58.0 Å². The molecule has 2 aromatic carbocycles. The molecule has 0 bridgehead atoms. The minimum atomic E-state index is -0.162. The van der Waals surface area contributed by atoms with Gasteiger partial charge in [0, 0.05) is 67.6 Å². The van der Waals surface area contributed by atoms with Crippen molar-refractivity contribution in [3.05, 3.63) is 78.5 Å². The molecule has 3 amide bonds. The van der Waals surface area contributed by atoms with Gasteiger partial charge in [0.15, 0.2) is 0 Å². The third kappa shape index (κ3) is 4.46. The number of fused-ring (bicyclic) bond motifs is 2. The summed E-state index contributed by atoms with van der Waals surface area (Å²) in [4.78, 5) is 45.7. The molecule has 42 heavy (non-hydrogen) atoms. The highest BCUT2D eigenvalue weighted by atomic mass is 16.2. The zero-order valence-electron chi connectivity index (χ0n) is 24.2. The van der Waals surface area contributed by atoms with Crippen molar-refractivity contribution in [3.8, 4) is 0 Å². The van der Waals surface area contributed by atoms with Gasteiger partial charge in [-0.3, -0.25) is 14.6 Å². The summed E-state index contributed by atoms with van der Waals surface area (Å²) >= 11 is 0. The first-order valence-corrected chi connectivity index (χ1v) is 14.6. The van der Waals surface area contributed by atoms with Gasteiger partial charge in [0.2, 0.25) is 11.9 Å². The summed E-state index contributed by atoms with van der Waals surface area (Å²) in [7, 11) is 4.00. The number of nitrogens with zero attached hydrogens (tertiary/aromatic N) is 7. The Balaban J connectivity index is 1.07. The lowest BCUT2D eigenvalue weighted by molar-refractivity contribution is -0.114. The number of benzene rings is 2. The molecular weight excluding hydrogens is 528 g/mol. The van der Waals surface area contributed by atoms with E-state index in [0.717, 1.165) is 42.1 Å². The maximum absolute atomic E-state index is 13.7. The fourth-order valence-electron chi connectivity index (χ4n) is 6.70. The van der Waals surface area contributed by atoms with Gasteiger partial charge < -0.3 is 20.0 Å². The van der Waals surface area contributed by atoms with Crippen LogP contribution >= 0.6 is 0 Å². The van der Waals surface area contributed by atoms with Gasteiger partial charge in [-0.15, -0.1) is 0 Å². The molecule has 1 saturated carbocycles. The molecule has 1 aromatic heterocycles. The number of carbonyl (C=O) groups is 2. The number of para-hydroxylation sites is 1. The van der Waals surface area contributed by atoms with Crippen molar-refractivity contribution < 1.29 is 9.59 Å². The van der Waals surface area contributed by atoms with Crippen LogP contribution in [0.2, 0.25) is 0 Å². The van der Waals surface area contributed by atoms with E-state index in [1.165, 1.54) is 24.6 Å². The lowest BCUT2D eigenvalue weighted by Gasteiger charge is -2.43. The van der Waals surface area contributed by atoms with Crippen LogP contribution in [-0.4, -0.2) is 77.5 Å². The second-order valence-electron chi connectivity index (χ2n) is 11.8. The Morgan fingerprint density at radius 3 is 2.62 bits per heavy atom. The summed E-state index contributed by atoms with van der Waals surface area (Å²) in [6.07, 6.45) is 6.34. The molecule has 4 heterocycles. The molecule has 2 fully saturated rings. The van der Waals surface area contributed by atoms with Crippen LogP contribution in [0, 0.1) is 0 Å². The number of amides is 3. The molecule has 7 rings (SSSR count). The molecular formula is C32H36N8O2. The number of hydrogen-bond acceptors (Lipinski definition) is 7. The van der Waals surface area contributed by atoms with Crippen molar-refractivity contribution in [3.63, 3.8) is 0 Å². The van der Waals surface area contributed by atoms with Crippen LogP contribution in [-0.2, 0) is 11.3 Å². The second-order valence-corrected chi connectivity index (χ2v) is 11.8. The fourth-order valence-corrected chi connectivity index (χ4v) is 6.70. The third-order valence-corrected chi connectivity index (χ3v) is 9.38. The van der Waals surface area contributed by atoms with Crippen LogP contribution in [0.1, 0.15) is 36.4 Å². The molecule has 10 nitrogen and oxygen atoms in total. The first-order valence-electron chi connectivity index (χ1n) is 14.6. The summed E-state index contributed by atoms with van der Waals surface area (Å²) in [6.45, 7) is 7.77. The number of aromatic nitrogens is 2. The van der Waals surface area contributed by atoms with E-state index in [1.807, 2.05) is 29.2 Å². The smallest absolute Gasteiger partial charge is 0.326 e. The highest BCUT2D eigenvalue weighted by Gasteiger charge is 2.49. The normalized spacial score (nSPS) is 21.2. The number of piperazine rings is 1. The zero-order valence-corrected chi connectivity index (χ0v) is 24.2. The van der Waals surface area contributed by atoms with Crippen molar-refractivity contribution in [2.45, 2.75) is 37.4 Å². The molecule has 1 unspecified atom stereocenters. The van der Waals surface area contributed by atoms with Gasteiger partial charge >= 0.3 is 6.03 Å². The number of carbonyl (C=O) groups excluding carboxylic acids is 2. The summed E-state index contributed by atoms with van der Waals surface area (Å²) in [6, 6.07) is 15.9. The molecule has 3 aromatic rings. The minimum absolute atomic E-state index is 0.125. The standard InChI is InChI=1S/C32H36N8O2/c1-4-28(41)39-16-13-27(25-7-5-6-8-26(25)39)40-20-22-19-33-30(35-29(22)37(3)31(40)42)34-23-9-11-24(12-10-23)38-18-17-36(2)32(21-38)14-15-32/h4-12,19,27H,1,13-18,20-21H2,2-3H3,(H,33,34,35). The van der Waals surface area contributed by atoms with Crippen LogP contribution in [0.3, 0.4) is 0 Å². The highest BCUT2D eigenvalue weighted by Crippen LogP contribution is 2.44. The van der Waals surface area contributed by atoms with Gasteiger partial charge in [-0.1, -0.05) is 24.8 Å². The molecule has 10 heteroatoms. The van der Waals surface area contributed by atoms with E-state index in [-0.39, 0.29) is 18.0 Å². The molecule has 1 aliphatic carbocycles. The van der Waals surface area contributed by atoms with Gasteiger partial charge in [-0.2, -0.15) is 4.98 Å². The maximum Gasteiger partial charge on any atom is 0.326 e. The Hall–Kier alpha value is -4.44. The topological polar surface area (TPSA) is 88.2 Å². The van der Waals surface area contributed by atoms with Gasteiger partial charge in [0.25, 0.3) is 0 Å². The molecule has 0 radical (unpaired) electrons. The first kappa shape index (κ1) is 26.5. The van der Waals surface area contributed by atoms with Crippen LogP contribution in [0.15, 0.2) is 67.4 Å². The SMILES string of the molecule is C=CC(=O)N1CCC(N2Cc3cnc(Nc4ccc(N5CCN(C)C6(CC6)C5)cc4)nc3N(C)C2=O)c2ccccc21. The van der Waals surface area contributed by atoms with Crippen LogP contribution in [0.4, 0.5) is 33.6 Å². The Bertz CT molecular complexity index is 1550. The van der Waals surface area contributed by atoms with Crippen LogP contribution < -0.4 is 20.0 Å². The van der Waals surface area contributed by atoms with Gasteiger partial charge in [-0.25, -0.2) is 9.78 Å². The lowest BCUT2D eigenvalue weighted by atomic mass is 9.94. The van der Waals surface area contributed by atoms with Crippen molar-refractivity contribution in [2.24, 2.45) is 0 Å². The quantitative estimate of drug-likeness (QED) is 0.455. The zero-order chi connectivity index (χ0) is 29.0. The number of rotatable bonds is 5. The molecule has 1 atom stereocenters. The Morgan fingerprint density at radius 1 is 1.07 bits per heavy atom. The van der Waals surface area contributed by atoms with Gasteiger partial charge in [0.05, 0.1) is 12.6 Å². The number of urea groups is 1. The van der Waals surface area contributed by atoms with Gasteiger partial charge in [0.1, 0.15) is 5.82 Å². The molecule has 216 valence electrons. The minimum Gasteiger partial charge on any atom is -0.368 e. The number of likely N-dealkylation sites (N-methyl/N-ethyl adjacent to an activating group) is 1. The van der Waals surface area contributed by atoms with E-state index in [4.69, 9.17) is 4.98 Å². The van der Waals surface area contributed by atoms with E-state index in [9.17, 15) is 9.59 Å². The molecule has 1 N–H and O–H groups in total. The highest BCUT2D eigenvalue weighted by molar-refractivity contribution is 6.02. The predicted molar refractivity (Wildman–Crippen MR) is 164 cm³/mol. The summed E-state index contributed by atoms with van der Waals surface area (Å²) in [5.74, 6) is 0.917. The fraction of sp³-hybridized carbons (Fsp3) is 0.375. The maximum atomic E-state index is 13.7. The monoisotopic (exact) mass is 564 g/mol. The van der Waals surface area contributed by atoms with E-state index < -0.39 is 0 Å². The third-order valence-electron chi connectivity index (χ3n) is 9.38. The van der Waals surface area contributed by atoms with Crippen LogP contribution in [0.5, 0.6) is 0 Å². The van der Waals surface area contributed by atoms with Crippen molar-refractivity contribution in [1.82, 2.24) is 19.8 Å². The van der Waals surface area contributed by atoms with E-state index in [0.29, 0.717) is 36.8 Å². The summed E-state index contributed by atoms with van der Waals surface area (Å²) < 4.78 is 0. The summed E-state index contributed by atoms with van der Waals surface area (Å²) in [5.41, 5.74) is 5.16. The first-order chi connectivity index (χ1) is 20.4. The number of anilines is 5. The van der Waals surface area contributed by atoms with Crippen molar-refractivity contribution >= 4 is 40.8 Å². The average molecular weight is 565 g/mol. The number of hydrogen-bond donors (Lipinski definition) is 1. The number of nitrogens with one attached hydrogen (secondary N) is 1. The van der Waals surface area contributed by atoms with Crippen molar-refractivity contribution in [1.29, 1.82) is 0 Å². The van der Waals surface area contributed by atoms with E-state index in [1.54, 1.807) is 23.0 Å². The Labute approximate surface area is 246 Å². The molecule has 1 saturated heterocycles. The largest absolute Gasteiger partial charge is 0.368 e. The van der Waals surface area contributed by atoms with Crippen molar-refractivity contribution in [2.75, 3.05) is 60.3 Å². The average Bonchev–Trinajstić information content (AvgIpc) is 3.80. The summed E-state index contributed by atoms with van der Waals surface area (Å²) in [5, 5.41) is 3.32.